The number of amides is 1. The molecule has 0 aliphatic carbocycles. The molecule has 1 amide bonds. The summed E-state index contributed by atoms with van der Waals surface area (Å²) in [4.78, 5) is 12.4. The Morgan fingerprint density at radius 2 is 2.08 bits per heavy atom. The number of hydrogen-bond acceptors (Lipinski definition) is 4. The van der Waals surface area contributed by atoms with E-state index >= 15 is 0 Å². The zero-order chi connectivity index (χ0) is 17.6. The lowest BCUT2D eigenvalue weighted by Crippen LogP contribution is -2.44. The van der Waals surface area contributed by atoms with Gasteiger partial charge in [0.25, 0.3) is 0 Å². The van der Waals surface area contributed by atoms with Crippen LogP contribution in [0.3, 0.4) is 0 Å². The van der Waals surface area contributed by atoms with Gasteiger partial charge >= 0.3 is 0 Å². The first-order chi connectivity index (χ1) is 11.5. The van der Waals surface area contributed by atoms with E-state index in [0.29, 0.717) is 37.2 Å². The predicted octanol–water partition coefficient (Wildman–Crippen LogP) is 3.20. The molecule has 8 heteroatoms. The molecular formula is C16H23IN2O4S. The SMILES string of the molecule is CCCCS(=O)(=O)N1CCC[C@@H](C(=O)Nc2ccc(OI)cc2)C1. The topological polar surface area (TPSA) is 75.7 Å². The summed E-state index contributed by atoms with van der Waals surface area (Å²) in [6.07, 6.45) is 2.92. The number of carbonyl (C=O) groups is 1. The Balaban J connectivity index is 1.96. The van der Waals surface area contributed by atoms with Crippen LogP contribution in [-0.2, 0) is 14.8 Å². The number of nitrogens with one attached hydrogen (secondary N) is 1. The van der Waals surface area contributed by atoms with Crippen molar-refractivity contribution in [2.75, 3.05) is 24.2 Å². The molecule has 1 fully saturated rings. The van der Waals surface area contributed by atoms with Gasteiger partial charge in [-0.2, -0.15) is 0 Å². The van der Waals surface area contributed by atoms with E-state index in [0.717, 1.165) is 6.42 Å². The monoisotopic (exact) mass is 466 g/mol. The fourth-order valence-corrected chi connectivity index (χ4v) is 4.72. The minimum Gasteiger partial charge on any atom is -0.428 e. The first-order valence-electron chi connectivity index (χ1n) is 8.13. The normalized spacial score (nSPS) is 19.0. The minimum absolute atomic E-state index is 0.131. The summed E-state index contributed by atoms with van der Waals surface area (Å²) in [7, 11) is -3.26. The highest BCUT2D eigenvalue weighted by atomic mass is 127. The molecule has 2 rings (SSSR count). The lowest BCUT2D eigenvalue weighted by Gasteiger charge is -2.31. The summed E-state index contributed by atoms with van der Waals surface area (Å²) < 4.78 is 31.2. The Morgan fingerprint density at radius 3 is 2.71 bits per heavy atom. The molecule has 1 saturated heterocycles. The van der Waals surface area contributed by atoms with Crippen LogP contribution < -0.4 is 8.38 Å². The third kappa shape index (κ3) is 5.32. The van der Waals surface area contributed by atoms with E-state index in [9.17, 15) is 13.2 Å². The Kier molecular flexibility index (Phi) is 7.30. The molecule has 1 aromatic carbocycles. The maximum absolute atomic E-state index is 12.4. The third-order valence-corrected chi connectivity index (χ3v) is 6.55. The highest BCUT2D eigenvalue weighted by Crippen LogP contribution is 2.23. The fraction of sp³-hybridized carbons (Fsp3) is 0.562. The average molecular weight is 466 g/mol. The highest BCUT2D eigenvalue weighted by molar-refractivity contribution is 14.1. The molecule has 24 heavy (non-hydrogen) atoms. The van der Waals surface area contributed by atoms with Crippen LogP contribution in [0.15, 0.2) is 24.3 Å². The van der Waals surface area contributed by atoms with Crippen molar-refractivity contribution in [2.45, 2.75) is 32.6 Å². The molecule has 1 heterocycles. The highest BCUT2D eigenvalue weighted by Gasteiger charge is 2.31. The molecule has 0 unspecified atom stereocenters. The van der Waals surface area contributed by atoms with Crippen LogP contribution in [0.1, 0.15) is 32.6 Å². The number of benzene rings is 1. The van der Waals surface area contributed by atoms with E-state index in [2.05, 4.69) is 5.32 Å². The van der Waals surface area contributed by atoms with Crippen molar-refractivity contribution >= 4 is 44.6 Å². The van der Waals surface area contributed by atoms with Gasteiger partial charge < -0.3 is 8.38 Å². The van der Waals surface area contributed by atoms with Gasteiger partial charge in [-0.05, 0) is 43.5 Å². The molecule has 1 aliphatic rings. The fourth-order valence-electron chi connectivity index (χ4n) is 2.70. The largest absolute Gasteiger partial charge is 0.428 e. The van der Waals surface area contributed by atoms with Crippen molar-refractivity contribution in [2.24, 2.45) is 5.92 Å². The second-order valence-electron chi connectivity index (χ2n) is 5.96. The molecule has 134 valence electrons. The summed E-state index contributed by atoms with van der Waals surface area (Å²) in [5, 5.41) is 2.86. The van der Waals surface area contributed by atoms with E-state index in [1.54, 1.807) is 47.3 Å². The van der Waals surface area contributed by atoms with Gasteiger partial charge in [-0.3, -0.25) is 4.79 Å². The minimum atomic E-state index is -3.26. The summed E-state index contributed by atoms with van der Waals surface area (Å²) in [5.41, 5.74) is 0.683. The van der Waals surface area contributed by atoms with Crippen LogP contribution in [0.25, 0.3) is 0 Å². The molecule has 1 N–H and O–H groups in total. The molecule has 1 aliphatic heterocycles. The number of piperidine rings is 1. The predicted molar refractivity (Wildman–Crippen MR) is 103 cm³/mol. The average Bonchev–Trinajstić information content (AvgIpc) is 2.61. The molecule has 0 aromatic heterocycles. The van der Waals surface area contributed by atoms with Gasteiger partial charge in [-0.15, -0.1) is 0 Å². The molecular weight excluding hydrogens is 443 g/mol. The second-order valence-corrected chi connectivity index (χ2v) is 8.49. The number of sulfonamides is 1. The van der Waals surface area contributed by atoms with Crippen molar-refractivity contribution in [3.8, 4) is 5.75 Å². The van der Waals surface area contributed by atoms with Gasteiger partial charge in [0.05, 0.1) is 11.7 Å². The van der Waals surface area contributed by atoms with Crippen molar-refractivity contribution in [3.63, 3.8) is 0 Å². The van der Waals surface area contributed by atoms with Crippen LogP contribution in [-0.4, -0.2) is 37.5 Å². The first kappa shape index (κ1) is 19.5. The Labute approximate surface area is 157 Å². The third-order valence-electron chi connectivity index (χ3n) is 4.12. The summed E-state index contributed by atoms with van der Waals surface area (Å²) in [5.74, 6) is 0.430. The Hall–Kier alpha value is -0.870. The number of carbonyl (C=O) groups excluding carboxylic acids is 1. The second kappa shape index (κ2) is 9.00. The van der Waals surface area contributed by atoms with Gasteiger partial charge in [0.15, 0.2) is 23.0 Å². The number of unbranched alkanes of at least 4 members (excludes halogenated alkanes) is 1. The zero-order valence-electron chi connectivity index (χ0n) is 13.7. The number of hydrogen-bond donors (Lipinski definition) is 1. The first-order valence-corrected chi connectivity index (χ1v) is 10.6. The standard InChI is InChI=1S/C16H23IN2O4S/c1-2-3-11-24(21,22)19-10-4-5-13(12-19)16(20)18-14-6-8-15(23-17)9-7-14/h6-9,13H,2-5,10-12H2,1H3,(H,18,20)/t13-/m1/s1. The molecule has 1 aromatic rings. The molecule has 0 saturated carbocycles. The molecule has 0 bridgehead atoms. The molecule has 1 atom stereocenters. The van der Waals surface area contributed by atoms with Gasteiger partial charge in [0.2, 0.25) is 15.9 Å². The Bertz CT molecular complexity index is 649. The van der Waals surface area contributed by atoms with E-state index in [1.165, 1.54) is 4.31 Å². The van der Waals surface area contributed by atoms with E-state index < -0.39 is 10.0 Å². The Morgan fingerprint density at radius 1 is 1.38 bits per heavy atom. The van der Waals surface area contributed by atoms with E-state index in [-0.39, 0.29) is 24.1 Å². The van der Waals surface area contributed by atoms with Crippen molar-refractivity contribution in [1.82, 2.24) is 4.31 Å². The lowest BCUT2D eigenvalue weighted by atomic mass is 9.99. The smallest absolute Gasteiger partial charge is 0.228 e. The summed E-state index contributed by atoms with van der Waals surface area (Å²) in [6.45, 7) is 2.75. The number of halogens is 1. The van der Waals surface area contributed by atoms with Gasteiger partial charge in [-0.25, -0.2) is 12.7 Å². The zero-order valence-corrected chi connectivity index (χ0v) is 16.7. The lowest BCUT2D eigenvalue weighted by molar-refractivity contribution is -0.120. The number of nitrogens with zero attached hydrogens (tertiary/aromatic N) is 1. The number of anilines is 1. The molecule has 0 radical (unpaired) electrons. The van der Waals surface area contributed by atoms with Crippen molar-refractivity contribution in [1.29, 1.82) is 0 Å². The van der Waals surface area contributed by atoms with Crippen LogP contribution >= 0.6 is 23.0 Å². The summed E-state index contributed by atoms with van der Waals surface area (Å²) >= 11 is 1.79. The maximum Gasteiger partial charge on any atom is 0.228 e. The van der Waals surface area contributed by atoms with E-state index in [4.69, 9.17) is 3.07 Å². The van der Waals surface area contributed by atoms with Gasteiger partial charge in [-0.1, -0.05) is 13.3 Å². The van der Waals surface area contributed by atoms with Crippen molar-refractivity contribution < 1.29 is 16.3 Å². The van der Waals surface area contributed by atoms with Crippen molar-refractivity contribution in [3.05, 3.63) is 24.3 Å². The summed E-state index contributed by atoms with van der Waals surface area (Å²) in [6, 6.07) is 7.07. The molecule has 6 nitrogen and oxygen atoms in total. The van der Waals surface area contributed by atoms with Gasteiger partial charge in [0.1, 0.15) is 5.75 Å². The van der Waals surface area contributed by atoms with Crippen LogP contribution in [0, 0.1) is 5.92 Å². The quantitative estimate of drug-likeness (QED) is 0.627. The maximum atomic E-state index is 12.4. The van der Waals surface area contributed by atoms with Crippen LogP contribution in [0.4, 0.5) is 5.69 Å². The van der Waals surface area contributed by atoms with Gasteiger partial charge in [0, 0.05) is 18.8 Å². The van der Waals surface area contributed by atoms with Crippen LogP contribution in [0.2, 0.25) is 0 Å². The molecule has 0 spiro atoms. The van der Waals surface area contributed by atoms with Crippen LogP contribution in [0.5, 0.6) is 5.75 Å². The van der Waals surface area contributed by atoms with E-state index in [1.807, 2.05) is 6.92 Å². The number of rotatable bonds is 7.